The van der Waals surface area contributed by atoms with Gasteiger partial charge in [0.2, 0.25) is 0 Å². The van der Waals surface area contributed by atoms with Crippen molar-refractivity contribution in [3.8, 4) is 0 Å². The molecule has 2 aromatic rings. The molecule has 3 heterocycles. The van der Waals surface area contributed by atoms with E-state index in [9.17, 15) is 4.79 Å². The first-order chi connectivity index (χ1) is 10.6. The first-order valence-electron chi connectivity index (χ1n) is 7.53. The van der Waals surface area contributed by atoms with Gasteiger partial charge in [-0.3, -0.25) is 4.68 Å². The van der Waals surface area contributed by atoms with Crippen LogP contribution >= 0.6 is 0 Å². The molecule has 0 saturated heterocycles. The van der Waals surface area contributed by atoms with Gasteiger partial charge in [-0.15, -0.1) is 10.2 Å². The normalized spacial score (nSPS) is 14.6. The van der Waals surface area contributed by atoms with E-state index in [1.165, 1.54) is 0 Å². The zero-order valence-corrected chi connectivity index (χ0v) is 12.9. The fraction of sp³-hybridized carbons (Fsp3) is 0.571. The van der Waals surface area contributed by atoms with Crippen LogP contribution in [0.5, 0.6) is 0 Å². The molecule has 1 N–H and O–H groups in total. The Morgan fingerprint density at radius 2 is 2.36 bits per heavy atom. The van der Waals surface area contributed by atoms with E-state index >= 15 is 0 Å². The fourth-order valence-electron chi connectivity index (χ4n) is 2.67. The largest absolute Gasteiger partial charge is 0.334 e. The first-order valence-corrected chi connectivity index (χ1v) is 7.53. The van der Waals surface area contributed by atoms with E-state index in [2.05, 4.69) is 25.2 Å². The Balaban J connectivity index is 1.53. The molecule has 2 aromatic heterocycles. The maximum Gasteiger partial charge on any atom is 0.317 e. The molecule has 1 aliphatic rings. The van der Waals surface area contributed by atoms with Crippen molar-refractivity contribution < 1.29 is 4.79 Å². The van der Waals surface area contributed by atoms with Crippen molar-refractivity contribution >= 4 is 6.03 Å². The van der Waals surface area contributed by atoms with Gasteiger partial charge in [0, 0.05) is 38.4 Å². The summed E-state index contributed by atoms with van der Waals surface area (Å²) in [7, 11) is 1.77. The summed E-state index contributed by atoms with van der Waals surface area (Å²) in [4.78, 5) is 13.9. The molecule has 0 radical (unpaired) electrons. The smallest absolute Gasteiger partial charge is 0.317 e. The van der Waals surface area contributed by atoms with Crippen LogP contribution in [-0.2, 0) is 26.1 Å². The van der Waals surface area contributed by atoms with Gasteiger partial charge in [-0.05, 0) is 19.4 Å². The highest BCUT2D eigenvalue weighted by Gasteiger charge is 2.20. The van der Waals surface area contributed by atoms with Crippen LogP contribution in [0.25, 0.3) is 0 Å². The number of fused-ring (bicyclic) bond motifs is 1. The number of carbonyl (C=O) groups is 1. The number of carbonyl (C=O) groups excluding carboxylic acids is 1. The maximum absolute atomic E-state index is 12.2. The van der Waals surface area contributed by atoms with Crippen molar-refractivity contribution in [2.75, 3.05) is 7.05 Å². The van der Waals surface area contributed by atoms with Gasteiger partial charge in [0.1, 0.15) is 5.82 Å². The lowest BCUT2D eigenvalue weighted by Crippen LogP contribution is -2.43. The molecule has 22 heavy (non-hydrogen) atoms. The lowest BCUT2D eigenvalue weighted by Gasteiger charge is -2.21. The highest BCUT2D eigenvalue weighted by atomic mass is 16.2. The first kappa shape index (κ1) is 14.6. The summed E-state index contributed by atoms with van der Waals surface area (Å²) < 4.78 is 3.91. The monoisotopic (exact) mass is 303 g/mol. The van der Waals surface area contributed by atoms with Gasteiger partial charge in [0.15, 0.2) is 5.82 Å². The second kappa shape index (κ2) is 6.17. The summed E-state index contributed by atoms with van der Waals surface area (Å²) in [6.07, 6.45) is 5.69. The molecule has 0 aliphatic carbocycles. The lowest BCUT2D eigenvalue weighted by molar-refractivity contribution is 0.200. The lowest BCUT2D eigenvalue weighted by atomic mass is 10.3. The van der Waals surface area contributed by atoms with E-state index in [0.717, 1.165) is 31.0 Å². The van der Waals surface area contributed by atoms with Gasteiger partial charge in [-0.25, -0.2) is 4.79 Å². The summed E-state index contributed by atoms with van der Waals surface area (Å²) >= 11 is 0. The molecule has 0 fully saturated rings. The zero-order chi connectivity index (χ0) is 15.5. The fourth-order valence-corrected chi connectivity index (χ4v) is 2.67. The summed E-state index contributed by atoms with van der Waals surface area (Å²) in [5.74, 6) is 1.88. The van der Waals surface area contributed by atoms with Crippen LogP contribution in [0.3, 0.4) is 0 Å². The number of hydrogen-bond acceptors (Lipinski definition) is 4. The van der Waals surface area contributed by atoms with E-state index in [1.807, 2.05) is 19.2 Å². The summed E-state index contributed by atoms with van der Waals surface area (Å²) in [5, 5.41) is 15.4. The minimum Gasteiger partial charge on any atom is -0.334 e. The van der Waals surface area contributed by atoms with Crippen LogP contribution < -0.4 is 5.32 Å². The standard InChI is InChI=1S/C14H21N7O/c1-11(9-20-7-4-6-15-20)16-14(22)19(2)10-13-18-17-12-5-3-8-21(12)13/h4,6-7,11H,3,5,8-10H2,1-2H3,(H,16,22)/t11-/m0/s1. The average Bonchev–Trinajstić information content (AvgIpc) is 3.17. The summed E-state index contributed by atoms with van der Waals surface area (Å²) in [5.41, 5.74) is 0. The Morgan fingerprint density at radius 3 is 3.14 bits per heavy atom. The molecule has 0 saturated carbocycles. The van der Waals surface area contributed by atoms with Crippen LogP contribution in [0.1, 0.15) is 25.0 Å². The van der Waals surface area contributed by atoms with Crippen LogP contribution in [0, 0.1) is 0 Å². The van der Waals surface area contributed by atoms with Gasteiger partial charge < -0.3 is 14.8 Å². The number of rotatable bonds is 5. The van der Waals surface area contributed by atoms with Crippen LogP contribution in [0.4, 0.5) is 4.79 Å². The van der Waals surface area contributed by atoms with E-state index in [0.29, 0.717) is 13.1 Å². The van der Waals surface area contributed by atoms with Crippen LogP contribution in [-0.4, -0.2) is 48.6 Å². The quantitative estimate of drug-likeness (QED) is 0.879. The second-order valence-electron chi connectivity index (χ2n) is 5.72. The number of hydrogen-bond donors (Lipinski definition) is 1. The van der Waals surface area contributed by atoms with E-state index in [4.69, 9.17) is 0 Å². The van der Waals surface area contributed by atoms with E-state index in [-0.39, 0.29) is 12.1 Å². The molecule has 8 nitrogen and oxygen atoms in total. The Morgan fingerprint density at radius 1 is 1.50 bits per heavy atom. The minimum atomic E-state index is -0.116. The predicted molar refractivity (Wildman–Crippen MR) is 80.0 cm³/mol. The molecule has 0 unspecified atom stereocenters. The topological polar surface area (TPSA) is 80.9 Å². The molecule has 8 heteroatoms. The van der Waals surface area contributed by atoms with Crippen molar-refractivity contribution in [3.05, 3.63) is 30.1 Å². The third-order valence-electron chi connectivity index (χ3n) is 3.80. The average molecular weight is 303 g/mol. The highest BCUT2D eigenvalue weighted by Crippen LogP contribution is 2.14. The SMILES string of the molecule is C[C@@H](Cn1cccn1)NC(=O)N(C)Cc1nnc2n1CCC2. The van der Waals surface area contributed by atoms with Crippen LogP contribution in [0.2, 0.25) is 0 Å². The molecule has 3 rings (SSSR count). The van der Waals surface area contributed by atoms with E-state index < -0.39 is 0 Å². The molecular weight excluding hydrogens is 282 g/mol. The Labute approximate surface area is 129 Å². The zero-order valence-electron chi connectivity index (χ0n) is 12.9. The highest BCUT2D eigenvalue weighted by molar-refractivity contribution is 5.74. The number of nitrogens with one attached hydrogen (secondary N) is 1. The number of nitrogens with zero attached hydrogens (tertiary/aromatic N) is 6. The Kier molecular flexibility index (Phi) is 4.08. The molecule has 2 amide bonds. The molecular formula is C14H21N7O. The Bertz CT molecular complexity index is 634. The third-order valence-corrected chi connectivity index (χ3v) is 3.80. The third kappa shape index (κ3) is 3.10. The number of aromatic nitrogens is 5. The minimum absolute atomic E-state index is 0.000959. The summed E-state index contributed by atoms with van der Waals surface area (Å²) in [6, 6.07) is 1.75. The molecule has 1 aliphatic heterocycles. The molecule has 0 bridgehead atoms. The molecule has 118 valence electrons. The van der Waals surface area contributed by atoms with Crippen molar-refractivity contribution in [2.45, 2.75) is 45.4 Å². The molecule has 0 aromatic carbocycles. The van der Waals surface area contributed by atoms with E-state index in [1.54, 1.807) is 22.8 Å². The molecule has 1 atom stereocenters. The molecule has 0 spiro atoms. The predicted octanol–water partition coefficient (Wildman–Crippen LogP) is 0.651. The van der Waals surface area contributed by atoms with Gasteiger partial charge in [0.25, 0.3) is 0 Å². The van der Waals surface area contributed by atoms with Crippen LogP contribution in [0.15, 0.2) is 18.5 Å². The number of aryl methyl sites for hydroxylation is 1. The van der Waals surface area contributed by atoms with Crippen molar-refractivity contribution in [1.29, 1.82) is 0 Å². The van der Waals surface area contributed by atoms with Crippen molar-refractivity contribution in [1.82, 2.24) is 34.8 Å². The number of amides is 2. The number of urea groups is 1. The maximum atomic E-state index is 12.2. The Hall–Kier alpha value is -2.38. The van der Waals surface area contributed by atoms with Gasteiger partial charge in [-0.2, -0.15) is 5.10 Å². The summed E-state index contributed by atoms with van der Waals surface area (Å²) in [6.45, 7) is 4.02. The van der Waals surface area contributed by atoms with Crippen molar-refractivity contribution in [2.24, 2.45) is 0 Å². The van der Waals surface area contributed by atoms with Crippen molar-refractivity contribution in [3.63, 3.8) is 0 Å². The second-order valence-corrected chi connectivity index (χ2v) is 5.72. The van der Waals surface area contributed by atoms with Gasteiger partial charge in [-0.1, -0.05) is 0 Å². The van der Waals surface area contributed by atoms with Gasteiger partial charge in [0.05, 0.1) is 13.1 Å². The van der Waals surface area contributed by atoms with Gasteiger partial charge >= 0.3 is 6.03 Å².